The van der Waals surface area contributed by atoms with Crippen LogP contribution in [0.25, 0.3) is 0 Å². The van der Waals surface area contributed by atoms with E-state index in [4.69, 9.17) is 16.3 Å². The number of benzene rings is 1. The van der Waals surface area contributed by atoms with Gasteiger partial charge in [0.15, 0.2) is 11.5 Å². The summed E-state index contributed by atoms with van der Waals surface area (Å²) in [5.74, 6) is -1.03. The molecule has 0 aliphatic carbocycles. The summed E-state index contributed by atoms with van der Waals surface area (Å²) in [4.78, 5) is 24.0. The SMILES string of the molecule is CCc1nnsc1C(=O)OCC(=O)Nc1ccc(C)c(Cl)c1. The number of ether oxygens (including phenoxy) is 1. The summed E-state index contributed by atoms with van der Waals surface area (Å²) in [7, 11) is 0. The van der Waals surface area contributed by atoms with Gasteiger partial charge in [0.2, 0.25) is 0 Å². The zero-order chi connectivity index (χ0) is 16.1. The normalized spacial score (nSPS) is 10.3. The Morgan fingerprint density at radius 1 is 1.41 bits per heavy atom. The van der Waals surface area contributed by atoms with Gasteiger partial charge < -0.3 is 10.1 Å². The molecule has 6 nitrogen and oxygen atoms in total. The predicted octanol–water partition coefficient (Wildman–Crippen LogP) is 2.86. The molecule has 0 saturated carbocycles. The molecule has 0 unspecified atom stereocenters. The number of aromatic nitrogens is 2. The van der Waals surface area contributed by atoms with Crippen LogP contribution in [-0.2, 0) is 16.0 Å². The quantitative estimate of drug-likeness (QED) is 0.847. The number of carbonyl (C=O) groups excluding carboxylic acids is 2. The minimum absolute atomic E-state index is 0.327. The summed E-state index contributed by atoms with van der Waals surface area (Å²) in [5.41, 5.74) is 2.03. The lowest BCUT2D eigenvalue weighted by Crippen LogP contribution is -2.21. The Hall–Kier alpha value is -1.99. The highest BCUT2D eigenvalue weighted by Gasteiger charge is 2.17. The smallest absolute Gasteiger partial charge is 0.352 e. The molecular formula is C14H14ClN3O3S. The molecule has 22 heavy (non-hydrogen) atoms. The van der Waals surface area contributed by atoms with Crippen LogP contribution in [-0.4, -0.2) is 28.1 Å². The largest absolute Gasteiger partial charge is 0.451 e. The lowest BCUT2D eigenvalue weighted by molar-refractivity contribution is -0.119. The van der Waals surface area contributed by atoms with E-state index in [9.17, 15) is 9.59 Å². The van der Waals surface area contributed by atoms with E-state index in [0.717, 1.165) is 17.1 Å². The summed E-state index contributed by atoms with van der Waals surface area (Å²) in [6.07, 6.45) is 0.578. The highest BCUT2D eigenvalue weighted by molar-refractivity contribution is 7.07. The van der Waals surface area contributed by atoms with Gasteiger partial charge in [-0.15, -0.1) is 5.10 Å². The van der Waals surface area contributed by atoms with Gasteiger partial charge in [0.05, 0.1) is 5.69 Å². The molecule has 0 spiro atoms. The average Bonchev–Trinajstić information content (AvgIpc) is 2.97. The molecule has 1 aromatic carbocycles. The van der Waals surface area contributed by atoms with Crippen LogP contribution in [0.2, 0.25) is 5.02 Å². The van der Waals surface area contributed by atoms with E-state index in [0.29, 0.717) is 27.7 Å². The van der Waals surface area contributed by atoms with Gasteiger partial charge in [-0.05, 0) is 42.6 Å². The number of hydrogen-bond donors (Lipinski definition) is 1. The molecule has 0 bridgehead atoms. The van der Waals surface area contributed by atoms with Crippen LogP contribution in [0.4, 0.5) is 5.69 Å². The van der Waals surface area contributed by atoms with Crippen LogP contribution in [0.3, 0.4) is 0 Å². The average molecular weight is 340 g/mol. The second kappa shape index (κ2) is 7.33. The number of aryl methyl sites for hydroxylation is 2. The van der Waals surface area contributed by atoms with Gasteiger partial charge >= 0.3 is 5.97 Å². The molecule has 0 radical (unpaired) electrons. The number of rotatable bonds is 5. The number of esters is 1. The summed E-state index contributed by atoms with van der Waals surface area (Å²) in [6.45, 7) is 3.34. The molecule has 0 fully saturated rings. The molecule has 2 aromatic rings. The maximum Gasteiger partial charge on any atom is 0.352 e. The minimum Gasteiger partial charge on any atom is -0.451 e. The number of nitrogens with one attached hydrogen (secondary N) is 1. The van der Waals surface area contributed by atoms with Gasteiger partial charge in [-0.1, -0.05) is 29.1 Å². The van der Waals surface area contributed by atoms with Crippen molar-refractivity contribution >= 4 is 40.7 Å². The number of amides is 1. The van der Waals surface area contributed by atoms with Gasteiger partial charge in [0.25, 0.3) is 5.91 Å². The first-order valence-electron chi connectivity index (χ1n) is 6.55. The van der Waals surface area contributed by atoms with Crippen LogP contribution in [0, 0.1) is 6.92 Å². The predicted molar refractivity (Wildman–Crippen MR) is 84.4 cm³/mol. The van der Waals surface area contributed by atoms with Crippen molar-refractivity contribution in [1.82, 2.24) is 9.59 Å². The van der Waals surface area contributed by atoms with Crippen molar-refractivity contribution in [2.45, 2.75) is 20.3 Å². The monoisotopic (exact) mass is 339 g/mol. The van der Waals surface area contributed by atoms with Crippen LogP contribution in [0.15, 0.2) is 18.2 Å². The van der Waals surface area contributed by atoms with Crippen molar-refractivity contribution in [2.75, 3.05) is 11.9 Å². The van der Waals surface area contributed by atoms with E-state index in [1.807, 2.05) is 13.8 Å². The first kappa shape index (κ1) is 16.4. The van der Waals surface area contributed by atoms with Crippen molar-refractivity contribution in [3.63, 3.8) is 0 Å². The van der Waals surface area contributed by atoms with E-state index in [1.54, 1.807) is 18.2 Å². The zero-order valence-corrected chi connectivity index (χ0v) is 13.6. The van der Waals surface area contributed by atoms with Crippen LogP contribution in [0.5, 0.6) is 0 Å². The highest BCUT2D eigenvalue weighted by Crippen LogP contribution is 2.20. The van der Waals surface area contributed by atoms with E-state index in [1.165, 1.54) is 0 Å². The molecule has 1 amide bonds. The van der Waals surface area contributed by atoms with Crippen LogP contribution >= 0.6 is 23.1 Å². The Bertz CT molecular complexity index is 702. The molecule has 116 valence electrons. The van der Waals surface area contributed by atoms with Crippen molar-refractivity contribution < 1.29 is 14.3 Å². The Morgan fingerprint density at radius 2 is 2.18 bits per heavy atom. The third-order valence-electron chi connectivity index (χ3n) is 2.87. The Morgan fingerprint density at radius 3 is 2.86 bits per heavy atom. The number of nitrogens with zero attached hydrogens (tertiary/aromatic N) is 2. The Kier molecular flexibility index (Phi) is 5.46. The molecule has 1 N–H and O–H groups in total. The maximum atomic E-state index is 11.8. The molecule has 1 aromatic heterocycles. The summed E-state index contributed by atoms with van der Waals surface area (Å²) < 4.78 is 8.67. The number of anilines is 1. The molecule has 2 rings (SSSR count). The summed E-state index contributed by atoms with van der Waals surface area (Å²) in [6, 6.07) is 5.16. The minimum atomic E-state index is -0.594. The third-order valence-corrected chi connectivity index (χ3v) is 4.02. The molecule has 0 atom stereocenters. The summed E-state index contributed by atoms with van der Waals surface area (Å²) in [5, 5.41) is 6.99. The Balaban J connectivity index is 1.90. The molecule has 8 heteroatoms. The van der Waals surface area contributed by atoms with E-state index in [2.05, 4.69) is 14.9 Å². The van der Waals surface area contributed by atoms with E-state index >= 15 is 0 Å². The Labute approximate surface area is 136 Å². The highest BCUT2D eigenvalue weighted by atomic mass is 35.5. The fourth-order valence-electron chi connectivity index (χ4n) is 1.66. The second-order valence-electron chi connectivity index (χ2n) is 4.49. The fraction of sp³-hybridized carbons (Fsp3) is 0.286. The van der Waals surface area contributed by atoms with Gasteiger partial charge in [0.1, 0.15) is 0 Å². The topological polar surface area (TPSA) is 81.2 Å². The van der Waals surface area contributed by atoms with Gasteiger partial charge in [0, 0.05) is 10.7 Å². The first-order chi connectivity index (χ1) is 10.5. The first-order valence-corrected chi connectivity index (χ1v) is 7.70. The lowest BCUT2D eigenvalue weighted by Gasteiger charge is -2.07. The molecular weight excluding hydrogens is 326 g/mol. The standard InChI is InChI=1S/C14H14ClN3O3S/c1-3-11-13(22-18-17-11)14(20)21-7-12(19)16-9-5-4-8(2)10(15)6-9/h4-6H,3,7H2,1-2H3,(H,16,19). The van der Waals surface area contributed by atoms with Crippen molar-refractivity contribution in [2.24, 2.45) is 0 Å². The van der Waals surface area contributed by atoms with Gasteiger partial charge in [-0.3, -0.25) is 4.79 Å². The number of hydrogen-bond acceptors (Lipinski definition) is 6. The van der Waals surface area contributed by atoms with Gasteiger partial charge in [-0.25, -0.2) is 4.79 Å². The lowest BCUT2D eigenvalue weighted by atomic mass is 10.2. The van der Waals surface area contributed by atoms with Crippen molar-refractivity contribution in [3.8, 4) is 0 Å². The number of carbonyl (C=O) groups is 2. The zero-order valence-electron chi connectivity index (χ0n) is 12.1. The maximum absolute atomic E-state index is 11.8. The fourth-order valence-corrected chi connectivity index (χ4v) is 2.48. The van der Waals surface area contributed by atoms with Crippen LogP contribution in [0.1, 0.15) is 27.9 Å². The van der Waals surface area contributed by atoms with Crippen molar-refractivity contribution in [3.05, 3.63) is 39.4 Å². The molecule has 0 aliphatic heterocycles. The second-order valence-corrected chi connectivity index (χ2v) is 5.65. The molecule has 1 heterocycles. The number of halogens is 1. The van der Waals surface area contributed by atoms with E-state index < -0.39 is 11.9 Å². The molecule has 0 aliphatic rings. The van der Waals surface area contributed by atoms with Crippen LogP contribution < -0.4 is 5.32 Å². The summed E-state index contributed by atoms with van der Waals surface area (Å²) >= 11 is 6.93. The van der Waals surface area contributed by atoms with E-state index in [-0.39, 0.29) is 6.61 Å². The third kappa shape index (κ3) is 4.02. The molecule has 0 saturated heterocycles. The van der Waals surface area contributed by atoms with Crippen molar-refractivity contribution in [1.29, 1.82) is 0 Å². The van der Waals surface area contributed by atoms with Gasteiger partial charge in [-0.2, -0.15) is 0 Å².